The zero-order chi connectivity index (χ0) is 33.5. The average Bonchev–Trinajstić information content (AvgIpc) is 3.59. The van der Waals surface area contributed by atoms with Crippen LogP contribution in [0.15, 0.2) is 67.2 Å². The zero-order valence-corrected chi connectivity index (χ0v) is 28.0. The standard InChI is InChI=1S/C36H46N6O4S/c1-4-27-12-9-15-31(30(27)25-42(3)29(5-2)14-11-21-43)40-33(44)26-46-22-19-37-34(45)36(17-7-6-8-18-36)24-28-13-10-16-32(39-28)41-35-38-20-23-47-35/h4-5,9-10,12-13,15-16,20-21,23,29H,1-2,6-8,11,14,17-19,22,24-26H2,3H3,(H,37,45)(H,40,44)(H,38,39,41). The van der Waals surface area contributed by atoms with E-state index in [2.05, 4.69) is 39.0 Å². The lowest BCUT2D eigenvalue weighted by molar-refractivity contribution is -0.133. The highest BCUT2D eigenvalue weighted by atomic mass is 32.1. The number of benzene rings is 1. The van der Waals surface area contributed by atoms with Gasteiger partial charge in [-0.1, -0.05) is 56.2 Å². The predicted octanol–water partition coefficient (Wildman–Crippen LogP) is 6.15. The molecule has 0 radical (unpaired) electrons. The van der Waals surface area contributed by atoms with Gasteiger partial charge in [-0.3, -0.25) is 14.5 Å². The van der Waals surface area contributed by atoms with Crippen molar-refractivity contribution in [2.75, 3.05) is 37.4 Å². The summed E-state index contributed by atoms with van der Waals surface area (Å²) in [6, 6.07) is 11.5. The number of carbonyl (C=O) groups is 3. The zero-order valence-electron chi connectivity index (χ0n) is 27.2. The molecule has 0 spiro atoms. The number of aldehydes is 1. The molecule has 1 atom stereocenters. The maximum Gasteiger partial charge on any atom is 0.250 e. The molecule has 0 bridgehead atoms. The van der Waals surface area contributed by atoms with Gasteiger partial charge >= 0.3 is 0 Å². The molecule has 4 rings (SSSR count). The molecule has 1 fully saturated rings. The molecule has 1 aromatic carbocycles. The van der Waals surface area contributed by atoms with Crippen LogP contribution in [0.2, 0.25) is 0 Å². The molecule has 1 unspecified atom stereocenters. The van der Waals surface area contributed by atoms with E-state index in [1.54, 1.807) is 12.3 Å². The molecule has 3 N–H and O–H groups in total. The van der Waals surface area contributed by atoms with Crippen molar-refractivity contribution in [3.8, 4) is 0 Å². The third-order valence-electron chi connectivity index (χ3n) is 8.58. The lowest BCUT2D eigenvalue weighted by Crippen LogP contribution is -2.45. The average molecular weight is 659 g/mol. The molecular formula is C36H46N6O4S. The summed E-state index contributed by atoms with van der Waals surface area (Å²) in [5.41, 5.74) is 2.84. The topological polar surface area (TPSA) is 126 Å². The van der Waals surface area contributed by atoms with Crippen LogP contribution >= 0.6 is 11.3 Å². The number of thiazole rings is 1. The number of hydrogen-bond acceptors (Lipinski definition) is 9. The summed E-state index contributed by atoms with van der Waals surface area (Å²) in [6.45, 7) is 8.75. The molecule has 1 aliphatic rings. The smallest absolute Gasteiger partial charge is 0.250 e. The summed E-state index contributed by atoms with van der Waals surface area (Å²) in [5, 5.41) is 12.0. The Labute approximate surface area is 281 Å². The molecule has 2 amide bonds. The second-order valence-electron chi connectivity index (χ2n) is 11.9. The van der Waals surface area contributed by atoms with Crippen LogP contribution in [-0.4, -0.2) is 65.8 Å². The van der Waals surface area contributed by atoms with Crippen LogP contribution in [0.25, 0.3) is 6.08 Å². The minimum atomic E-state index is -0.528. The van der Waals surface area contributed by atoms with Crippen LogP contribution in [0.1, 0.15) is 61.8 Å². The van der Waals surface area contributed by atoms with Gasteiger partial charge in [0.05, 0.1) is 12.0 Å². The number of amides is 2. The number of nitrogens with one attached hydrogen (secondary N) is 3. The molecule has 10 nitrogen and oxygen atoms in total. The molecular weight excluding hydrogens is 613 g/mol. The fraction of sp³-hybridized carbons (Fsp3) is 0.417. The van der Waals surface area contributed by atoms with E-state index in [0.29, 0.717) is 43.9 Å². The summed E-state index contributed by atoms with van der Waals surface area (Å²) in [6.07, 6.45) is 12.6. The molecule has 0 aliphatic heterocycles. The number of carbonyl (C=O) groups excluding carboxylic acids is 3. The fourth-order valence-electron chi connectivity index (χ4n) is 6.09. The van der Waals surface area contributed by atoms with E-state index < -0.39 is 5.41 Å². The van der Waals surface area contributed by atoms with Gasteiger partial charge in [0.2, 0.25) is 11.8 Å². The van der Waals surface area contributed by atoms with Gasteiger partial charge < -0.3 is 25.5 Å². The molecule has 11 heteroatoms. The number of hydrogen-bond donors (Lipinski definition) is 3. The van der Waals surface area contributed by atoms with Crippen molar-refractivity contribution in [1.82, 2.24) is 20.2 Å². The highest BCUT2D eigenvalue weighted by molar-refractivity contribution is 7.13. The monoisotopic (exact) mass is 658 g/mol. The van der Waals surface area contributed by atoms with Crippen molar-refractivity contribution >= 4 is 52.2 Å². The van der Waals surface area contributed by atoms with Gasteiger partial charge in [0, 0.05) is 54.9 Å². The summed E-state index contributed by atoms with van der Waals surface area (Å²) < 4.78 is 5.67. The number of ether oxygens (including phenoxy) is 1. The molecule has 1 saturated carbocycles. The molecule has 2 heterocycles. The first-order chi connectivity index (χ1) is 22.9. The Hall–Kier alpha value is -4.19. The Morgan fingerprint density at radius 3 is 2.68 bits per heavy atom. The third kappa shape index (κ3) is 10.4. The van der Waals surface area contributed by atoms with E-state index in [0.717, 1.165) is 60.3 Å². The van der Waals surface area contributed by atoms with E-state index in [4.69, 9.17) is 9.72 Å². The van der Waals surface area contributed by atoms with Crippen molar-refractivity contribution in [3.05, 3.63) is 84.0 Å². The Kier molecular flexibility index (Phi) is 13.8. The second-order valence-corrected chi connectivity index (χ2v) is 12.8. The highest BCUT2D eigenvalue weighted by Crippen LogP contribution is 2.39. The second kappa shape index (κ2) is 18.2. The van der Waals surface area contributed by atoms with Crippen LogP contribution in [0.4, 0.5) is 16.6 Å². The number of pyridine rings is 1. The van der Waals surface area contributed by atoms with Crippen molar-refractivity contribution in [2.45, 2.75) is 64.0 Å². The summed E-state index contributed by atoms with van der Waals surface area (Å²) in [4.78, 5) is 48.5. The van der Waals surface area contributed by atoms with Crippen LogP contribution < -0.4 is 16.0 Å². The third-order valence-corrected chi connectivity index (χ3v) is 9.27. The molecule has 0 saturated heterocycles. The SMILES string of the molecule is C=Cc1cccc(NC(=O)COCCNC(=O)C2(Cc3cccc(Nc4nccs4)n3)CCCCC2)c1CN(C)C(C=C)CCC=O. The molecule has 47 heavy (non-hydrogen) atoms. The van der Waals surface area contributed by atoms with Crippen molar-refractivity contribution in [3.63, 3.8) is 0 Å². The molecule has 2 aromatic heterocycles. The van der Waals surface area contributed by atoms with Gasteiger partial charge in [0.25, 0.3) is 0 Å². The molecule has 1 aliphatic carbocycles. The first kappa shape index (κ1) is 35.7. The van der Waals surface area contributed by atoms with E-state index in [-0.39, 0.29) is 31.1 Å². The Bertz CT molecular complexity index is 1490. The first-order valence-corrected chi connectivity index (χ1v) is 17.0. The number of aromatic nitrogens is 2. The van der Waals surface area contributed by atoms with Gasteiger partial charge in [0.1, 0.15) is 18.7 Å². The van der Waals surface area contributed by atoms with Crippen molar-refractivity contribution in [2.24, 2.45) is 5.41 Å². The van der Waals surface area contributed by atoms with Gasteiger partial charge in [-0.15, -0.1) is 17.9 Å². The van der Waals surface area contributed by atoms with E-state index in [1.807, 2.05) is 54.9 Å². The predicted molar refractivity (Wildman–Crippen MR) is 189 cm³/mol. The van der Waals surface area contributed by atoms with Gasteiger partial charge in [-0.25, -0.2) is 9.97 Å². The molecule has 3 aromatic rings. The lowest BCUT2D eigenvalue weighted by atomic mass is 9.70. The van der Waals surface area contributed by atoms with Gasteiger partial charge in [0.15, 0.2) is 5.13 Å². The van der Waals surface area contributed by atoms with Gasteiger partial charge in [-0.05, 0) is 55.6 Å². The Morgan fingerprint density at radius 1 is 1.15 bits per heavy atom. The summed E-state index contributed by atoms with van der Waals surface area (Å²) in [7, 11) is 1.96. The van der Waals surface area contributed by atoms with Crippen molar-refractivity contribution in [1.29, 1.82) is 0 Å². The van der Waals surface area contributed by atoms with Crippen LogP contribution in [0, 0.1) is 5.41 Å². The maximum atomic E-state index is 13.6. The van der Waals surface area contributed by atoms with Gasteiger partial charge in [-0.2, -0.15) is 0 Å². The lowest BCUT2D eigenvalue weighted by Gasteiger charge is -2.35. The number of likely N-dealkylation sites (N-methyl/N-ethyl adjacent to an activating group) is 1. The van der Waals surface area contributed by atoms with E-state index in [1.165, 1.54) is 11.3 Å². The quantitative estimate of drug-likeness (QED) is 0.0796. The normalized spacial score (nSPS) is 14.6. The van der Waals surface area contributed by atoms with Crippen LogP contribution in [-0.2, 0) is 32.1 Å². The highest BCUT2D eigenvalue weighted by Gasteiger charge is 2.39. The van der Waals surface area contributed by atoms with Crippen LogP contribution in [0.5, 0.6) is 0 Å². The molecule has 250 valence electrons. The Balaban J connectivity index is 1.28. The summed E-state index contributed by atoms with van der Waals surface area (Å²) in [5.74, 6) is 0.427. The van der Waals surface area contributed by atoms with Crippen molar-refractivity contribution < 1.29 is 19.1 Å². The number of anilines is 3. The van der Waals surface area contributed by atoms with Crippen LogP contribution in [0.3, 0.4) is 0 Å². The van der Waals surface area contributed by atoms with E-state index >= 15 is 0 Å². The fourth-order valence-corrected chi connectivity index (χ4v) is 6.63. The first-order valence-electron chi connectivity index (χ1n) is 16.2. The summed E-state index contributed by atoms with van der Waals surface area (Å²) >= 11 is 1.51. The minimum Gasteiger partial charge on any atom is -0.370 e. The number of nitrogens with zero attached hydrogens (tertiary/aromatic N) is 3. The van der Waals surface area contributed by atoms with E-state index in [9.17, 15) is 14.4 Å². The minimum absolute atomic E-state index is 0.00584. The Morgan fingerprint density at radius 2 is 1.96 bits per heavy atom. The number of rotatable bonds is 19. The maximum absolute atomic E-state index is 13.6. The largest absolute Gasteiger partial charge is 0.370 e.